The van der Waals surface area contributed by atoms with Gasteiger partial charge in [0.2, 0.25) is 0 Å². The van der Waals surface area contributed by atoms with Crippen molar-refractivity contribution in [3.8, 4) is 5.75 Å². The van der Waals surface area contributed by atoms with Crippen LogP contribution in [0, 0.1) is 5.82 Å². The summed E-state index contributed by atoms with van der Waals surface area (Å²) < 4.78 is 19.1. The SMILES string of the molecule is CCCOc1cc(NCc2ccccc2Cl)c(N)cc1F. The van der Waals surface area contributed by atoms with E-state index in [2.05, 4.69) is 5.32 Å². The van der Waals surface area contributed by atoms with Crippen molar-refractivity contribution >= 4 is 23.0 Å². The minimum absolute atomic E-state index is 0.202. The highest BCUT2D eigenvalue weighted by Gasteiger charge is 2.09. The number of ether oxygens (including phenoxy) is 1. The molecule has 0 aliphatic carbocycles. The van der Waals surface area contributed by atoms with E-state index in [0.29, 0.717) is 29.5 Å². The van der Waals surface area contributed by atoms with Crippen molar-refractivity contribution in [1.29, 1.82) is 0 Å². The van der Waals surface area contributed by atoms with E-state index in [1.54, 1.807) is 6.07 Å². The van der Waals surface area contributed by atoms with Crippen LogP contribution < -0.4 is 15.8 Å². The Morgan fingerprint density at radius 2 is 2.05 bits per heavy atom. The molecule has 5 heteroatoms. The Morgan fingerprint density at radius 1 is 1.29 bits per heavy atom. The minimum atomic E-state index is -0.454. The Kier molecular flexibility index (Phi) is 5.28. The standard InChI is InChI=1S/C16H18ClFN2O/c1-2-7-21-16-9-15(14(19)8-13(16)18)20-10-11-5-3-4-6-12(11)17/h3-6,8-9,20H,2,7,10,19H2,1H3. The molecule has 0 bridgehead atoms. The number of benzene rings is 2. The Hall–Kier alpha value is -1.94. The van der Waals surface area contributed by atoms with Crippen LogP contribution in [0.25, 0.3) is 0 Å². The summed E-state index contributed by atoms with van der Waals surface area (Å²) in [7, 11) is 0. The number of anilines is 2. The van der Waals surface area contributed by atoms with Crippen molar-refractivity contribution in [2.75, 3.05) is 17.7 Å². The fraction of sp³-hybridized carbons (Fsp3) is 0.250. The number of hydrogen-bond acceptors (Lipinski definition) is 3. The molecule has 0 spiro atoms. The van der Waals surface area contributed by atoms with E-state index < -0.39 is 5.82 Å². The minimum Gasteiger partial charge on any atom is -0.490 e. The van der Waals surface area contributed by atoms with Gasteiger partial charge >= 0.3 is 0 Å². The Balaban J connectivity index is 2.14. The summed E-state index contributed by atoms with van der Waals surface area (Å²) in [6.07, 6.45) is 0.812. The summed E-state index contributed by atoms with van der Waals surface area (Å²) in [6, 6.07) is 10.4. The maximum Gasteiger partial charge on any atom is 0.167 e. The van der Waals surface area contributed by atoms with Crippen LogP contribution in [0.2, 0.25) is 5.02 Å². The van der Waals surface area contributed by atoms with Crippen LogP contribution in [0.5, 0.6) is 5.75 Å². The molecular weight excluding hydrogens is 291 g/mol. The van der Waals surface area contributed by atoms with Crippen LogP contribution in [-0.4, -0.2) is 6.61 Å². The lowest BCUT2D eigenvalue weighted by Gasteiger charge is -2.13. The number of nitrogen functional groups attached to an aromatic ring is 1. The molecule has 0 aromatic heterocycles. The lowest BCUT2D eigenvalue weighted by atomic mass is 10.2. The molecule has 112 valence electrons. The van der Waals surface area contributed by atoms with Crippen molar-refractivity contribution < 1.29 is 9.13 Å². The van der Waals surface area contributed by atoms with Gasteiger partial charge in [-0.2, -0.15) is 0 Å². The van der Waals surface area contributed by atoms with Gasteiger partial charge in [0, 0.05) is 23.7 Å². The molecule has 0 saturated carbocycles. The van der Waals surface area contributed by atoms with Crippen LogP contribution in [0.4, 0.5) is 15.8 Å². The average Bonchev–Trinajstić information content (AvgIpc) is 2.47. The van der Waals surface area contributed by atoms with Gasteiger partial charge in [-0.05, 0) is 18.1 Å². The van der Waals surface area contributed by atoms with Crippen LogP contribution in [0.15, 0.2) is 36.4 Å². The summed E-state index contributed by atoms with van der Waals surface area (Å²) in [6.45, 7) is 2.93. The molecule has 0 saturated heterocycles. The van der Waals surface area contributed by atoms with E-state index in [-0.39, 0.29) is 5.75 Å². The van der Waals surface area contributed by atoms with E-state index in [0.717, 1.165) is 12.0 Å². The molecule has 0 aliphatic heterocycles. The summed E-state index contributed by atoms with van der Waals surface area (Å²) in [4.78, 5) is 0. The van der Waals surface area contributed by atoms with Gasteiger partial charge in [0.1, 0.15) is 0 Å². The lowest BCUT2D eigenvalue weighted by molar-refractivity contribution is 0.301. The topological polar surface area (TPSA) is 47.3 Å². The molecule has 0 atom stereocenters. The first-order valence-electron chi connectivity index (χ1n) is 6.81. The first-order chi connectivity index (χ1) is 10.1. The van der Waals surface area contributed by atoms with E-state index in [1.165, 1.54) is 6.07 Å². The van der Waals surface area contributed by atoms with Crippen LogP contribution in [0.3, 0.4) is 0 Å². The highest BCUT2D eigenvalue weighted by atomic mass is 35.5. The molecule has 2 aromatic rings. The lowest BCUT2D eigenvalue weighted by Crippen LogP contribution is -2.05. The Labute approximate surface area is 128 Å². The van der Waals surface area contributed by atoms with Gasteiger partial charge in [-0.3, -0.25) is 0 Å². The van der Waals surface area contributed by atoms with Gasteiger partial charge in [-0.1, -0.05) is 36.7 Å². The molecule has 0 radical (unpaired) electrons. The largest absolute Gasteiger partial charge is 0.490 e. The Morgan fingerprint density at radius 3 is 2.76 bits per heavy atom. The normalized spacial score (nSPS) is 10.4. The highest BCUT2D eigenvalue weighted by Crippen LogP contribution is 2.29. The average molecular weight is 309 g/mol. The number of nitrogens with two attached hydrogens (primary N) is 1. The zero-order chi connectivity index (χ0) is 15.2. The molecule has 3 N–H and O–H groups in total. The summed E-state index contributed by atoms with van der Waals surface area (Å²) in [5.41, 5.74) is 7.74. The van der Waals surface area contributed by atoms with Crippen molar-refractivity contribution in [2.24, 2.45) is 0 Å². The second-order valence-electron chi connectivity index (χ2n) is 4.66. The van der Waals surface area contributed by atoms with Crippen molar-refractivity contribution in [3.63, 3.8) is 0 Å². The fourth-order valence-corrected chi connectivity index (χ4v) is 2.08. The molecule has 21 heavy (non-hydrogen) atoms. The van der Waals surface area contributed by atoms with Gasteiger partial charge < -0.3 is 15.8 Å². The summed E-state index contributed by atoms with van der Waals surface area (Å²) >= 11 is 6.10. The van der Waals surface area contributed by atoms with Crippen molar-refractivity contribution in [3.05, 3.63) is 52.8 Å². The first kappa shape index (κ1) is 15.4. The van der Waals surface area contributed by atoms with Gasteiger partial charge in [0.05, 0.1) is 18.0 Å². The summed E-state index contributed by atoms with van der Waals surface area (Å²) in [5.74, 6) is -0.253. The Bertz CT molecular complexity index is 619. The zero-order valence-corrected chi connectivity index (χ0v) is 12.6. The third-order valence-electron chi connectivity index (χ3n) is 2.99. The van der Waals surface area contributed by atoms with Gasteiger partial charge in [0.15, 0.2) is 11.6 Å². The molecule has 0 aliphatic rings. The van der Waals surface area contributed by atoms with E-state index in [4.69, 9.17) is 22.1 Å². The molecule has 3 nitrogen and oxygen atoms in total. The van der Waals surface area contributed by atoms with Crippen LogP contribution in [0.1, 0.15) is 18.9 Å². The fourth-order valence-electron chi connectivity index (χ4n) is 1.88. The quantitative estimate of drug-likeness (QED) is 0.774. The highest BCUT2D eigenvalue weighted by molar-refractivity contribution is 6.31. The zero-order valence-electron chi connectivity index (χ0n) is 11.8. The molecule has 0 fully saturated rings. The van der Waals surface area contributed by atoms with Crippen LogP contribution >= 0.6 is 11.6 Å². The van der Waals surface area contributed by atoms with Gasteiger partial charge in [-0.25, -0.2) is 4.39 Å². The smallest absolute Gasteiger partial charge is 0.167 e. The third-order valence-corrected chi connectivity index (χ3v) is 3.36. The second kappa shape index (κ2) is 7.18. The van der Waals surface area contributed by atoms with E-state index in [9.17, 15) is 4.39 Å². The van der Waals surface area contributed by atoms with Crippen LogP contribution in [-0.2, 0) is 6.54 Å². The number of rotatable bonds is 6. The number of hydrogen-bond donors (Lipinski definition) is 2. The first-order valence-corrected chi connectivity index (χ1v) is 7.18. The number of nitrogens with one attached hydrogen (secondary N) is 1. The third kappa shape index (κ3) is 4.02. The summed E-state index contributed by atoms with van der Waals surface area (Å²) in [5, 5.41) is 3.83. The molecule has 0 heterocycles. The number of halogens is 2. The molecule has 2 aromatic carbocycles. The maximum absolute atomic E-state index is 13.7. The monoisotopic (exact) mass is 308 g/mol. The van der Waals surface area contributed by atoms with Crippen molar-refractivity contribution in [2.45, 2.75) is 19.9 Å². The molecule has 2 rings (SSSR count). The molecular formula is C16H18ClFN2O. The maximum atomic E-state index is 13.7. The predicted octanol–water partition coefficient (Wildman–Crippen LogP) is 4.46. The van der Waals surface area contributed by atoms with Gasteiger partial charge in [-0.15, -0.1) is 0 Å². The second-order valence-corrected chi connectivity index (χ2v) is 5.07. The predicted molar refractivity (Wildman–Crippen MR) is 85.4 cm³/mol. The van der Waals surface area contributed by atoms with E-state index in [1.807, 2.05) is 31.2 Å². The molecule has 0 unspecified atom stereocenters. The molecule has 0 amide bonds. The van der Waals surface area contributed by atoms with Crippen molar-refractivity contribution in [1.82, 2.24) is 0 Å². The van der Waals surface area contributed by atoms with Gasteiger partial charge in [0.25, 0.3) is 0 Å². The van der Waals surface area contributed by atoms with E-state index >= 15 is 0 Å².